The van der Waals surface area contributed by atoms with Gasteiger partial charge in [0, 0.05) is 24.6 Å². The van der Waals surface area contributed by atoms with Crippen molar-refractivity contribution in [2.75, 3.05) is 17.3 Å². The number of pyridine rings is 1. The number of hydrogen-bond acceptors (Lipinski definition) is 5. The van der Waals surface area contributed by atoms with Crippen molar-refractivity contribution in [1.82, 2.24) is 9.88 Å². The molecule has 0 saturated carbocycles. The topological polar surface area (TPSA) is 91.8 Å². The third-order valence-corrected chi connectivity index (χ3v) is 5.16. The summed E-state index contributed by atoms with van der Waals surface area (Å²) in [5.41, 5.74) is 1.81. The Morgan fingerprint density at radius 3 is 2.44 bits per heavy atom. The molecule has 1 fully saturated rings. The Hall–Kier alpha value is -4.20. The Labute approximate surface area is 185 Å². The molecule has 8 nitrogen and oxygen atoms in total. The molecule has 1 atom stereocenters. The van der Waals surface area contributed by atoms with Crippen molar-refractivity contribution >= 4 is 29.2 Å². The van der Waals surface area contributed by atoms with Crippen molar-refractivity contribution in [3.05, 3.63) is 84.7 Å². The van der Waals surface area contributed by atoms with E-state index in [9.17, 15) is 14.4 Å². The molecule has 4 amide bonds. The lowest BCUT2D eigenvalue weighted by atomic mass is 10.1. The number of imide groups is 1. The molecule has 32 heavy (non-hydrogen) atoms. The molecular formula is C24H22N4O4. The van der Waals surface area contributed by atoms with E-state index in [-0.39, 0.29) is 18.9 Å². The van der Waals surface area contributed by atoms with E-state index in [1.807, 2.05) is 12.1 Å². The van der Waals surface area contributed by atoms with Crippen LogP contribution in [0.25, 0.3) is 0 Å². The van der Waals surface area contributed by atoms with Gasteiger partial charge < -0.3 is 15.0 Å². The smallest absolute Gasteiger partial charge is 0.332 e. The van der Waals surface area contributed by atoms with E-state index >= 15 is 0 Å². The third kappa shape index (κ3) is 4.44. The summed E-state index contributed by atoms with van der Waals surface area (Å²) in [4.78, 5) is 45.9. The zero-order valence-electron chi connectivity index (χ0n) is 17.5. The molecule has 8 heteroatoms. The van der Waals surface area contributed by atoms with Crippen molar-refractivity contribution in [3.8, 4) is 5.75 Å². The molecule has 0 bridgehead atoms. The van der Waals surface area contributed by atoms with E-state index in [1.54, 1.807) is 67.0 Å². The second-order valence-corrected chi connectivity index (χ2v) is 7.28. The van der Waals surface area contributed by atoms with Gasteiger partial charge in [-0.3, -0.25) is 14.6 Å². The van der Waals surface area contributed by atoms with Crippen molar-refractivity contribution < 1.29 is 19.1 Å². The first-order valence-corrected chi connectivity index (χ1v) is 10.1. The van der Waals surface area contributed by atoms with Gasteiger partial charge >= 0.3 is 6.03 Å². The average Bonchev–Trinajstić information content (AvgIpc) is 3.04. The van der Waals surface area contributed by atoms with Crippen LogP contribution in [0.3, 0.4) is 0 Å². The van der Waals surface area contributed by atoms with E-state index in [0.29, 0.717) is 17.1 Å². The summed E-state index contributed by atoms with van der Waals surface area (Å²) in [6.07, 6.45) is 3.11. The summed E-state index contributed by atoms with van der Waals surface area (Å²) < 4.78 is 5.16. The predicted octanol–water partition coefficient (Wildman–Crippen LogP) is 3.46. The first-order chi connectivity index (χ1) is 15.6. The minimum Gasteiger partial charge on any atom is -0.497 e. The van der Waals surface area contributed by atoms with E-state index in [4.69, 9.17) is 4.74 Å². The molecule has 1 aromatic heterocycles. The maximum Gasteiger partial charge on any atom is 0.332 e. The summed E-state index contributed by atoms with van der Waals surface area (Å²) in [6.45, 7) is 0.161. The summed E-state index contributed by atoms with van der Waals surface area (Å²) >= 11 is 0. The molecule has 162 valence electrons. The van der Waals surface area contributed by atoms with Gasteiger partial charge in [0.1, 0.15) is 11.8 Å². The van der Waals surface area contributed by atoms with Crippen LogP contribution in [-0.4, -0.2) is 40.9 Å². The normalized spacial score (nSPS) is 15.7. The van der Waals surface area contributed by atoms with Crippen molar-refractivity contribution in [3.63, 3.8) is 0 Å². The first-order valence-electron chi connectivity index (χ1n) is 10.1. The Morgan fingerprint density at radius 1 is 1.03 bits per heavy atom. The van der Waals surface area contributed by atoms with Crippen LogP contribution in [0.2, 0.25) is 0 Å². The summed E-state index contributed by atoms with van der Waals surface area (Å²) in [5.74, 6) is -0.193. The van der Waals surface area contributed by atoms with Crippen LogP contribution in [-0.2, 0) is 16.1 Å². The van der Waals surface area contributed by atoms with Gasteiger partial charge in [0.15, 0.2) is 0 Å². The highest BCUT2D eigenvalue weighted by Crippen LogP contribution is 2.29. The number of urea groups is 1. The zero-order chi connectivity index (χ0) is 22.5. The first kappa shape index (κ1) is 21.0. The SMILES string of the molecule is COc1ccc(N2C(=O)[C@@H](CC(=O)Nc3ccccc3)N(Cc3cccnc3)C2=O)cc1. The molecule has 1 aliphatic heterocycles. The lowest BCUT2D eigenvalue weighted by Gasteiger charge is -2.21. The fourth-order valence-electron chi connectivity index (χ4n) is 3.58. The number of rotatable bonds is 7. The Morgan fingerprint density at radius 2 is 1.78 bits per heavy atom. The molecule has 0 radical (unpaired) electrons. The highest BCUT2D eigenvalue weighted by atomic mass is 16.5. The number of para-hydroxylation sites is 1. The molecule has 3 aromatic rings. The lowest BCUT2D eigenvalue weighted by molar-refractivity contribution is -0.124. The lowest BCUT2D eigenvalue weighted by Crippen LogP contribution is -2.37. The van der Waals surface area contributed by atoms with Crippen LogP contribution < -0.4 is 15.0 Å². The number of aromatic nitrogens is 1. The molecular weight excluding hydrogens is 408 g/mol. The van der Waals surface area contributed by atoms with E-state index in [2.05, 4.69) is 10.3 Å². The van der Waals surface area contributed by atoms with Crippen LogP contribution in [0.15, 0.2) is 79.1 Å². The number of nitrogens with zero attached hydrogens (tertiary/aromatic N) is 3. The minimum absolute atomic E-state index is 0.160. The monoisotopic (exact) mass is 430 g/mol. The second kappa shape index (κ2) is 9.30. The number of amides is 4. The maximum absolute atomic E-state index is 13.3. The summed E-state index contributed by atoms with van der Waals surface area (Å²) in [6, 6.07) is 17.8. The number of nitrogens with one attached hydrogen (secondary N) is 1. The Kier molecular flexibility index (Phi) is 6.12. The molecule has 2 aromatic carbocycles. The quantitative estimate of drug-likeness (QED) is 0.580. The van der Waals surface area contributed by atoms with Gasteiger partial charge in [-0.1, -0.05) is 24.3 Å². The van der Waals surface area contributed by atoms with Crippen molar-refractivity contribution in [2.45, 2.75) is 19.0 Å². The molecule has 1 N–H and O–H groups in total. The average molecular weight is 430 g/mol. The Bertz CT molecular complexity index is 1100. The van der Waals surface area contributed by atoms with Gasteiger partial charge in [0.25, 0.3) is 5.91 Å². The standard InChI is InChI=1S/C24H22N4O4/c1-32-20-11-9-19(10-12-20)28-23(30)21(14-22(29)26-18-7-3-2-4-8-18)27(24(28)31)16-17-6-5-13-25-15-17/h2-13,15,21H,14,16H2,1H3,(H,26,29)/t21-/m1/s1. The number of ether oxygens (including phenoxy) is 1. The fraction of sp³-hybridized carbons (Fsp3) is 0.167. The number of methoxy groups -OCH3 is 1. The van der Waals surface area contributed by atoms with Gasteiger partial charge in [-0.15, -0.1) is 0 Å². The fourth-order valence-corrected chi connectivity index (χ4v) is 3.58. The number of benzene rings is 2. The highest BCUT2D eigenvalue weighted by Gasteiger charge is 2.46. The molecule has 4 rings (SSSR count). The second-order valence-electron chi connectivity index (χ2n) is 7.28. The molecule has 0 spiro atoms. The van der Waals surface area contributed by atoms with Crippen LogP contribution in [0, 0.1) is 0 Å². The summed E-state index contributed by atoms with van der Waals surface area (Å²) in [5, 5.41) is 2.78. The van der Waals surface area contributed by atoms with Crippen LogP contribution >= 0.6 is 0 Å². The third-order valence-electron chi connectivity index (χ3n) is 5.16. The molecule has 0 unspecified atom stereocenters. The van der Waals surface area contributed by atoms with Crippen LogP contribution in [0.1, 0.15) is 12.0 Å². The molecule has 1 aliphatic rings. The molecule has 1 saturated heterocycles. The number of carbonyl (C=O) groups is 3. The minimum atomic E-state index is -0.937. The van der Waals surface area contributed by atoms with Crippen LogP contribution in [0.5, 0.6) is 5.75 Å². The summed E-state index contributed by atoms with van der Waals surface area (Å²) in [7, 11) is 1.54. The maximum atomic E-state index is 13.3. The van der Waals surface area contributed by atoms with Gasteiger partial charge in [0.05, 0.1) is 19.2 Å². The molecule has 2 heterocycles. The largest absolute Gasteiger partial charge is 0.497 e. The molecule has 0 aliphatic carbocycles. The van der Waals surface area contributed by atoms with Crippen LogP contribution in [0.4, 0.5) is 16.2 Å². The highest BCUT2D eigenvalue weighted by molar-refractivity contribution is 6.22. The van der Waals surface area contributed by atoms with Crippen molar-refractivity contribution in [1.29, 1.82) is 0 Å². The predicted molar refractivity (Wildman–Crippen MR) is 119 cm³/mol. The zero-order valence-corrected chi connectivity index (χ0v) is 17.5. The number of carbonyl (C=O) groups excluding carboxylic acids is 3. The van der Waals surface area contributed by atoms with Gasteiger partial charge in [-0.05, 0) is 48.0 Å². The van der Waals surface area contributed by atoms with E-state index in [1.165, 1.54) is 12.0 Å². The van der Waals surface area contributed by atoms with Crippen molar-refractivity contribution in [2.24, 2.45) is 0 Å². The number of hydrogen-bond donors (Lipinski definition) is 1. The van der Waals surface area contributed by atoms with Gasteiger partial charge in [-0.2, -0.15) is 0 Å². The van der Waals surface area contributed by atoms with E-state index in [0.717, 1.165) is 10.5 Å². The van der Waals surface area contributed by atoms with Gasteiger partial charge in [-0.25, -0.2) is 9.69 Å². The van der Waals surface area contributed by atoms with Gasteiger partial charge in [0.2, 0.25) is 5.91 Å². The van der Waals surface area contributed by atoms with E-state index < -0.39 is 18.0 Å². The number of anilines is 2. The Balaban J connectivity index is 1.60.